The molecule has 1 rings (SSSR count). The molecular formula is C13H25NO6. The zero-order chi connectivity index (χ0) is 15.1. The number of amides is 1. The van der Waals surface area contributed by atoms with Crippen molar-refractivity contribution >= 4 is 5.91 Å². The number of hydrogen-bond donors (Lipinski definition) is 1. The summed E-state index contributed by atoms with van der Waals surface area (Å²) in [6.07, 6.45) is -1.60. The number of carbonyl (C=O) groups excluding carboxylic acids is 1. The van der Waals surface area contributed by atoms with Gasteiger partial charge in [-0.3, -0.25) is 4.79 Å². The number of hydrogen-bond acceptors (Lipinski definition) is 6. The number of carbonyl (C=O) groups is 1. The highest BCUT2D eigenvalue weighted by Crippen LogP contribution is 2.27. The van der Waals surface area contributed by atoms with Crippen molar-refractivity contribution in [2.75, 3.05) is 35.0 Å². The summed E-state index contributed by atoms with van der Waals surface area (Å²) in [6, 6.07) is 0. The Kier molecular flexibility index (Phi) is 7.39. The van der Waals surface area contributed by atoms with Gasteiger partial charge in [0.1, 0.15) is 24.4 Å². The molecule has 0 saturated carbocycles. The summed E-state index contributed by atoms with van der Waals surface area (Å²) in [6.45, 7) is 2.13. The molecule has 0 aliphatic carbocycles. The fraction of sp³-hybridized carbons (Fsp3) is 0.923. The van der Waals surface area contributed by atoms with E-state index in [4.69, 9.17) is 23.7 Å². The third-order valence-electron chi connectivity index (χ3n) is 3.46. The van der Waals surface area contributed by atoms with Gasteiger partial charge in [-0.2, -0.15) is 0 Å². The van der Waals surface area contributed by atoms with Crippen LogP contribution in [0.1, 0.15) is 13.3 Å². The summed E-state index contributed by atoms with van der Waals surface area (Å²) in [4.78, 5) is 11.4. The normalized spacial score (nSPS) is 34.0. The Morgan fingerprint density at radius 1 is 1.00 bits per heavy atom. The molecule has 1 aliphatic rings. The zero-order valence-corrected chi connectivity index (χ0v) is 12.8. The number of methoxy groups -OCH3 is 4. The Hall–Kier alpha value is -0.730. The Balaban J connectivity index is 2.79. The Labute approximate surface area is 119 Å². The van der Waals surface area contributed by atoms with Crippen LogP contribution in [-0.2, 0) is 28.5 Å². The summed E-state index contributed by atoms with van der Waals surface area (Å²) in [7, 11) is 6.27. The lowest BCUT2D eigenvalue weighted by molar-refractivity contribution is -0.300. The van der Waals surface area contributed by atoms with Crippen LogP contribution in [0.4, 0.5) is 0 Å². The van der Waals surface area contributed by atoms with Gasteiger partial charge in [-0.25, -0.2) is 0 Å². The molecule has 7 nitrogen and oxygen atoms in total. The van der Waals surface area contributed by atoms with Gasteiger partial charge < -0.3 is 29.0 Å². The molecule has 20 heavy (non-hydrogen) atoms. The Morgan fingerprint density at radius 3 is 2.05 bits per heavy atom. The Morgan fingerprint density at radius 2 is 1.60 bits per heavy atom. The van der Waals surface area contributed by atoms with Gasteiger partial charge in [-0.15, -0.1) is 0 Å². The third kappa shape index (κ3) is 3.89. The van der Waals surface area contributed by atoms with Crippen LogP contribution in [-0.4, -0.2) is 71.6 Å². The third-order valence-corrected chi connectivity index (χ3v) is 3.46. The van der Waals surface area contributed by atoms with Gasteiger partial charge >= 0.3 is 0 Å². The van der Waals surface area contributed by atoms with Crippen molar-refractivity contribution in [3.63, 3.8) is 0 Å². The quantitative estimate of drug-likeness (QED) is 0.707. The highest BCUT2D eigenvalue weighted by atomic mass is 16.7. The van der Waals surface area contributed by atoms with Crippen molar-refractivity contribution in [2.45, 2.75) is 44.1 Å². The predicted molar refractivity (Wildman–Crippen MR) is 71.4 cm³/mol. The molecule has 0 spiro atoms. The average molecular weight is 291 g/mol. The van der Waals surface area contributed by atoms with Crippen LogP contribution >= 0.6 is 0 Å². The van der Waals surface area contributed by atoms with E-state index in [0.29, 0.717) is 13.0 Å². The fourth-order valence-electron chi connectivity index (χ4n) is 2.37. The van der Waals surface area contributed by atoms with E-state index in [9.17, 15) is 4.79 Å². The molecule has 118 valence electrons. The van der Waals surface area contributed by atoms with Gasteiger partial charge in [0.05, 0.1) is 0 Å². The lowest BCUT2D eigenvalue weighted by Gasteiger charge is -2.44. The maximum atomic E-state index is 11.4. The van der Waals surface area contributed by atoms with Crippen molar-refractivity contribution in [1.82, 2.24) is 5.32 Å². The molecule has 1 saturated heterocycles. The smallest absolute Gasteiger partial charge is 0.219 e. The Bertz CT molecular complexity index is 301. The van der Waals surface area contributed by atoms with E-state index in [0.717, 1.165) is 0 Å². The molecule has 0 bridgehead atoms. The van der Waals surface area contributed by atoms with Gasteiger partial charge in [0.15, 0.2) is 6.29 Å². The van der Waals surface area contributed by atoms with Crippen LogP contribution in [0, 0.1) is 0 Å². The molecule has 0 radical (unpaired) electrons. The zero-order valence-electron chi connectivity index (χ0n) is 12.8. The van der Waals surface area contributed by atoms with E-state index in [1.54, 1.807) is 28.3 Å². The minimum absolute atomic E-state index is 0.0414. The first-order valence-electron chi connectivity index (χ1n) is 6.66. The van der Waals surface area contributed by atoms with Crippen molar-refractivity contribution in [3.8, 4) is 0 Å². The van der Waals surface area contributed by atoms with E-state index in [1.807, 2.05) is 0 Å². The predicted octanol–water partition coefficient (Wildman–Crippen LogP) is -0.0711. The van der Waals surface area contributed by atoms with E-state index >= 15 is 0 Å². The summed E-state index contributed by atoms with van der Waals surface area (Å²) in [5.41, 5.74) is 0. The standard InChI is InChI=1S/C13H25NO6/c1-6-9(15)14-7-8-10(16-2)11(17-3)12(18-4)13(19-5)20-8/h8,10-13H,6-7H2,1-5H3,(H,14,15)/t8-,10-,11+,12-,13+/m1/s1. The van der Waals surface area contributed by atoms with E-state index in [2.05, 4.69) is 5.32 Å². The topological polar surface area (TPSA) is 75.3 Å². The van der Waals surface area contributed by atoms with Crippen molar-refractivity contribution in [2.24, 2.45) is 0 Å². The highest BCUT2D eigenvalue weighted by molar-refractivity contribution is 5.75. The largest absolute Gasteiger partial charge is 0.376 e. The average Bonchev–Trinajstić information content (AvgIpc) is 2.50. The van der Waals surface area contributed by atoms with Crippen LogP contribution in [0.25, 0.3) is 0 Å². The second-order valence-corrected chi connectivity index (χ2v) is 4.54. The molecule has 1 aliphatic heterocycles. The molecule has 0 aromatic carbocycles. The molecule has 0 aromatic heterocycles. The van der Waals surface area contributed by atoms with Crippen LogP contribution in [0.5, 0.6) is 0 Å². The van der Waals surface area contributed by atoms with Crippen molar-refractivity contribution in [3.05, 3.63) is 0 Å². The van der Waals surface area contributed by atoms with Gasteiger partial charge in [0.25, 0.3) is 0 Å². The summed E-state index contributed by atoms with van der Waals surface area (Å²) in [5, 5.41) is 2.79. The lowest BCUT2D eigenvalue weighted by Crippen LogP contribution is -2.62. The van der Waals surface area contributed by atoms with Crippen LogP contribution in [0.2, 0.25) is 0 Å². The minimum atomic E-state index is -0.570. The van der Waals surface area contributed by atoms with E-state index in [1.165, 1.54) is 7.11 Å². The van der Waals surface area contributed by atoms with Gasteiger partial charge in [0, 0.05) is 41.4 Å². The van der Waals surface area contributed by atoms with Gasteiger partial charge in [0.2, 0.25) is 5.91 Å². The maximum Gasteiger partial charge on any atom is 0.219 e. The fourth-order valence-corrected chi connectivity index (χ4v) is 2.37. The molecule has 7 heteroatoms. The molecule has 1 amide bonds. The van der Waals surface area contributed by atoms with Gasteiger partial charge in [-0.05, 0) is 0 Å². The first kappa shape index (κ1) is 17.3. The molecular weight excluding hydrogens is 266 g/mol. The summed E-state index contributed by atoms with van der Waals surface area (Å²) >= 11 is 0. The van der Waals surface area contributed by atoms with Crippen LogP contribution in [0.3, 0.4) is 0 Å². The summed E-state index contributed by atoms with van der Waals surface area (Å²) < 4.78 is 27.4. The number of ether oxygens (including phenoxy) is 5. The molecule has 1 heterocycles. The number of nitrogens with one attached hydrogen (secondary N) is 1. The first-order valence-corrected chi connectivity index (χ1v) is 6.66. The SMILES string of the molecule is CCC(=O)NC[C@H]1O[C@H](OC)[C@H](OC)[C@@H](OC)[C@@H]1OC. The van der Waals surface area contributed by atoms with Crippen LogP contribution in [0.15, 0.2) is 0 Å². The maximum absolute atomic E-state index is 11.4. The van der Waals surface area contributed by atoms with E-state index in [-0.39, 0.29) is 24.2 Å². The first-order chi connectivity index (χ1) is 9.62. The molecule has 0 unspecified atom stereocenters. The monoisotopic (exact) mass is 291 g/mol. The molecule has 1 N–H and O–H groups in total. The van der Waals surface area contributed by atoms with Crippen molar-refractivity contribution in [1.29, 1.82) is 0 Å². The number of rotatable bonds is 7. The lowest BCUT2D eigenvalue weighted by atomic mass is 9.98. The summed E-state index contributed by atoms with van der Waals surface area (Å²) in [5.74, 6) is -0.0414. The van der Waals surface area contributed by atoms with Crippen LogP contribution < -0.4 is 5.32 Å². The molecule has 5 atom stereocenters. The molecule has 0 aromatic rings. The van der Waals surface area contributed by atoms with Crippen molar-refractivity contribution < 1.29 is 28.5 Å². The van der Waals surface area contributed by atoms with E-state index < -0.39 is 12.4 Å². The highest BCUT2D eigenvalue weighted by Gasteiger charge is 2.47. The second-order valence-electron chi connectivity index (χ2n) is 4.54. The molecule has 1 fully saturated rings. The van der Waals surface area contributed by atoms with Gasteiger partial charge in [-0.1, -0.05) is 6.92 Å². The minimum Gasteiger partial charge on any atom is -0.376 e. The second kappa shape index (κ2) is 8.53.